The lowest BCUT2D eigenvalue weighted by Crippen LogP contribution is -2.32. The van der Waals surface area contributed by atoms with Crippen molar-refractivity contribution in [1.82, 2.24) is 10.3 Å². The Labute approximate surface area is 110 Å². The zero-order chi connectivity index (χ0) is 12.8. The number of aliphatic hydroxyl groups excluding tert-OH is 1. The fraction of sp³-hybridized carbons (Fsp3) is 0.667. The van der Waals surface area contributed by atoms with Crippen LogP contribution < -0.4 is 5.32 Å². The van der Waals surface area contributed by atoms with Gasteiger partial charge in [0, 0.05) is 19.3 Å². The van der Waals surface area contributed by atoms with Crippen molar-refractivity contribution in [3.05, 3.63) is 29.6 Å². The van der Waals surface area contributed by atoms with Gasteiger partial charge >= 0.3 is 0 Å². The molecule has 2 N–H and O–H groups in total. The molecule has 0 aliphatic heterocycles. The molecule has 1 heterocycles. The standard InChI is InChI=1S/C15H24N2O/c1-12-5-4-8-17-15(12)10-16-9-13-6-2-3-7-14(13)11-18/h4-5,8,13-14,16,18H,2-3,6-7,9-11H2,1H3. The predicted octanol–water partition coefficient (Wildman–Crippen LogP) is 2.28. The van der Waals surface area contributed by atoms with Crippen molar-refractivity contribution in [2.24, 2.45) is 11.8 Å². The van der Waals surface area contributed by atoms with Crippen molar-refractivity contribution in [3.8, 4) is 0 Å². The van der Waals surface area contributed by atoms with Gasteiger partial charge in [-0.15, -0.1) is 0 Å². The maximum atomic E-state index is 9.38. The number of pyridine rings is 1. The fourth-order valence-electron chi connectivity index (χ4n) is 2.87. The van der Waals surface area contributed by atoms with Crippen molar-refractivity contribution in [2.45, 2.75) is 39.2 Å². The molecule has 1 aromatic heterocycles. The van der Waals surface area contributed by atoms with Gasteiger partial charge in [-0.25, -0.2) is 0 Å². The Balaban J connectivity index is 1.79. The van der Waals surface area contributed by atoms with Crippen LogP contribution >= 0.6 is 0 Å². The lowest BCUT2D eigenvalue weighted by molar-refractivity contribution is 0.133. The van der Waals surface area contributed by atoms with E-state index in [0.717, 1.165) is 18.8 Å². The van der Waals surface area contributed by atoms with E-state index >= 15 is 0 Å². The van der Waals surface area contributed by atoms with Gasteiger partial charge in [-0.05, 0) is 49.8 Å². The molecule has 0 radical (unpaired) electrons. The normalized spacial score (nSPS) is 24.1. The van der Waals surface area contributed by atoms with Gasteiger partial charge < -0.3 is 10.4 Å². The Morgan fingerprint density at radius 2 is 2.11 bits per heavy atom. The number of nitrogens with zero attached hydrogens (tertiary/aromatic N) is 1. The predicted molar refractivity (Wildman–Crippen MR) is 73.2 cm³/mol. The highest BCUT2D eigenvalue weighted by atomic mass is 16.3. The minimum Gasteiger partial charge on any atom is -0.396 e. The van der Waals surface area contributed by atoms with E-state index in [1.807, 2.05) is 12.3 Å². The summed E-state index contributed by atoms with van der Waals surface area (Å²) in [6, 6.07) is 4.07. The maximum absolute atomic E-state index is 9.38. The van der Waals surface area contributed by atoms with Gasteiger partial charge in [0.05, 0.1) is 5.69 Å². The summed E-state index contributed by atoms with van der Waals surface area (Å²) < 4.78 is 0. The second-order valence-electron chi connectivity index (χ2n) is 5.39. The Morgan fingerprint density at radius 1 is 1.33 bits per heavy atom. The third kappa shape index (κ3) is 3.53. The molecule has 18 heavy (non-hydrogen) atoms. The van der Waals surface area contributed by atoms with Crippen molar-refractivity contribution >= 4 is 0 Å². The molecule has 2 rings (SSSR count). The number of aromatic nitrogens is 1. The van der Waals surface area contributed by atoms with Gasteiger partial charge in [-0.1, -0.05) is 18.9 Å². The smallest absolute Gasteiger partial charge is 0.0570 e. The van der Waals surface area contributed by atoms with Crippen LogP contribution in [0.15, 0.2) is 18.3 Å². The van der Waals surface area contributed by atoms with Crippen LogP contribution in [0.4, 0.5) is 0 Å². The van der Waals surface area contributed by atoms with Crippen molar-refractivity contribution in [1.29, 1.82) is 0 Å². The minimum absolute atomic E-state index is 0.342. The number of rotatable bonds is 5. The van der Waals surface area contributed by atoms with E-state index in [1.165, 1.54) is 31.2 Å². The number of hydrogen-bond acceptors (Lipinski definition) is 3. The van der Waals surface area contributed by atoms with Crippen molar-refractivity contribution < 1.29 is 5.11 Å². The third-order valence-corrected chi connectivity index (χ3v) is 4.12. The molecule has 1 aliphatic carbocycles. The molecule has 0 amide bonds. The van der Waals surface area contributed by atoms with E-state index in [0.29, 0.717) is 18.4 Å². The minimum atomic E-state index is 0.342. The molecule has 1 aliphatic rings. The molecule has 0 spiro atoms. The van der Waals surface area contributed by atoms with Gasteiger partial charge in [-0.2, -0.15) is 0 Å². The van der Waals surface area contributed by atoms with Crippen LogP contribution in [0.25, 0.3) is 0 Å². The summed E-state index contributed by atoms with van der Waals surface area (Å²) in [6.45, 7) is 4.28. The largest absolute Gasteiger partial charge is 0.396 e. The first-order chi connectivity index (χ1) is 8.81. The van der Waals surface area contributed by atoms with Crippen LogP contribution in [0.5, 0.6) is 0 Å². The molecule has 100 valence electrons. The summed E-state index contributed by atoms with van der Waals surface area (Å²) in [5, 5.41) is 12.9. The highest BCUT2D eigenvalue weighted by Crippen LogP contribution is 2.29. The summed E-state index contributed by atoms with van der Waals surface area (Å²) in [5.74, 6) is 1.13. The molecule has 2 atom stereocenters. The molecule has 3 heteroatoms. The molecule has 2 unspecified atom stereocenters. The van der Waals surface area contributed by atoms with Crippen molar-refractivity contribution in [2.75, 3.05) is 13.2 Å². The number of aliphatic hydroxyl groups is 1. The van der Waals surface area contributed by atoms with Crippen LogP contribution in [0.3, 0.4) is 0 Å². The second-order valence-corrected chi connectivity index (χ2v) is 5.39. The number of aryl methyl sites for hydroxylation is 1. The average molecular weight is 248 g/mol. The first-order valence-electron chi connectivity index (χ1n) is 7.03. The Bertz CT molecular complexity index is 367. The summed E-state index contributed by atoms with van der Waals surface area (Å²) in [6.07, 6.45) is 6.87. The third-order valence-electron chi connectivity index (χ3n) is 4.12. The quantitative estimate of drug-likeness (QED) is 0.840. The summed E-state index contributed by atoms with van der Waals surface area (Å²) in [7, 11) is 0. The maximum Gasteiger partial charge on any atom is 0.0570 e. The number of hydrogen-bond donors (Lipinski definition) is 2. The number of nitrogens with one attached hydrogen (secondary N) is 1. The summed E-state index contributed by atoms with van der Waals surface area (Å²) in [5.41, 5.74) is 2.38. The Hall–Kier alpha value is -0.930. The Morgan fingerprint density at radius 3 is 2.83 bits per heavy atom. The molecule has 1 fully saturated rings. The molecular formula is C15H24N2O. The van der Waals surface area contributed by atoms with E-state index in [4.69, 9.17) is 0 Å². The van der Waals surface area contributed by atoms with Crippen LogP contribution in [0, 0.1) is 18.8 Å². The lowest BCUT2D eigenvalue weighted by atomic mass is 9.79. The second kappa shape index (κ2) is 6.86. The van der Waals surface area contributed by atoms with Crippen LogP contribution in [0.1, 0.15) is 36.9 Å². The Kier molecular flexibility index (Phi) is 5.14. The van der Waals surface area contributed by atoms with E-state index in [1.54, 1.807) is 0 Å². The van der Waals surface area contributed by atoms with Gasteiger partial charge in [0.1, 0.15) is 0 Å². The van der Waals surface area contributed by atoms with Gasteiger partial charge in [0.2, 0.25) is 0 Å². The van der Waals surface area contributed by atoms with E-state index < -0.39 is 0 Å². The van der Waals surface area contributed by atoms with E-state index in [-0.39, 0.29) is 0 Å². The van der Waals surface area contributed by atoms with Gasteiger partial charge in [0.15, 0.2) is 0 Å². The molecule has 0 aromatic carbocycles. The van der Waals surface area contributed by atoms with Crippen molar-refractivity contribution in [3.63, 3.8) is 0 Å². The van der Waals surface area contributed by atoms with Gasteiger partial charge in [-0.3, -0.25) is 4.98 Å². The average Bonchev–Trinajstić information content (AvgIpc) is 2.41. The molecule has 0 bridgehead atoms. The zero-order valence-electron chi connectivity index (χ0n) is 11.2. The van der Waals surface area contributed by atoms with Crippen LogP contribution in [-0.4, -0.2) is 23.2 Å². The van der Waals surface area contributed by atoms with Crippen LogP contribution in [0.2, 0.25) is 0 Å². The topological polar surface area (TPSA) is 45.2 Å². The highest BCUT2D eigenvalue weighted by molar-refractivity contribution is 5.17. The van der Waals surface area contributed by atoms with Crippen LogP contribution in [-0.2, 0) is 6.54 Å². The zero-order valence-corrected chi connectivity index (χ0v) is 11.2. The van der Waals surface area contributed by atoms with E-state index in [9.17, 15) is 5.11 Å². The monoisotopic (exact) mass is 248 g/mol. The van der Waals surface area contributed by atoms with Gasteiger partial charge in [0.25, 0.3) is 0 Å². The lowest BCUT2D eigenvalue weighted by Gasteiger charge is -2.30. The SMILES string of the molecule is Cc1cccnc1CNCC1CCCCC1CO. The highest BCUT2D eigenvalue weighted by Gasteiger charge is 2.23. The fourth-order valence-corrected chi connectivity index (χ4v) is 2.87. The molecule has 0 saturated heterocycles. The first-order valence-corrected chi connectivity index (χ1v) is 7.03. The molecular weight excluding hydrogens is 224 g/mol. The molecule has 1 aromatic rings. The summed E-state index contributed by atoms with van der Waals surface area (Å²) >= 11 is 0. The first kappa shape index (κ1) is 13.5. The van der Waals surface area contributed by atoms with E-state index in [2.05, 4.69) is 23.3 Å². The molecule has 1 saturated carbocycles. The summed E-state index contributed by atoms with van der Waals surface area (Å²) in [4.78, 5) is 4.39. The molecule has 3 nitrogen and oxygen atoms in total.